The van der Waals surface area contributed by atoms with E-state index in [4.69, 9.17) is 24.3 Å². The highest BCUT2D eigenvalue weighted by molar-refractivity contribution is 5.93. The van der Waals surface area contributed by atoms with E-state index in [-0.39, 0.29) is 18.3 Å². The zero-order valence-corrected chi connectivity index (χ0v) is 21.8. The quantitative estimate of drug-likeness (QED) is 0.328. The minimum Gasteiger partial charge on any atom is -0.491 e. The molecule has 10 nitrogen and oxygen atoms in total. The number of ether oxygens (including phenoxy) is 3. The molecule has 0 amide bonds. The van der Waals surface area contributed by atoms with Gasteiger partial charge in [-0.1, -0.05) is 0 Å². The topological polar surface area (TPSA) is 106 Å². The molecule has 10 heteroatoms. The number of aryl methyl sites for hydroxylation is 1. The summed E-state index contributed by atoms with van der Waals surface area (Å²) in [6.45, 7) is 8.36. The van der Waals surface area contributed by atoms with Gasteiger partial charge in [-0.2, -0.15) is 10.2 Å². The summed E-state index contributed by atoms with van der Waals surface area (Å²) in [6.07, 6.45) is 4.66. The SMILES string of the molecule is COC(=O)C(C)n1nc(-c2ccnc(-c3nn(C4CCCCO4)c4ccc(OC(C)C)cc34)n2)cc1C. The van der Waals surface area contributed by atoms with Crippen LogP contribution in [0.1, 0.15) is 58.0 Å². The molecule has 0 N–H and O–H groups in total. The third kappa shape index (κ3) is 4.93. The van der Waals surface area contributed by atoms with Crippen molar-refractivity contribution in [3.63, 3.8) is 0 Å². The lowest BCUT2D eigenvalue weighted by Crippen LogP contribution is -2.19. The molecule has 2 atom stereocenters. The van der Waals surface area contributed by atoms with Crippen molar-refractivity contribution >= 4 is 16.9 Å². The maximum absolute atomic E-state index is 12.1. The zero-order valence-electron chi connectivity index (χ0n) is 21.8. The van der Waals surface area contributed by atoms with Gasteiger partial charge in [-0.25, -0.2) is 19.4 Å². The first-order chi connectivity index (χ1) is 17.9. The second-order valence-corrected chi connectivity index (χ2v) is 9.54. The van der Waals surface area contributed by atoms with Crippen LogP contribution in [0.2, 0.25) is 0 Å². The fourth-order valence-corrected chi connectivity index (χ4v) is 4.66. The van der Waals surface area contributed by atoms with Crippen molar-refractivity contribution in [1.29, 1.82) is 0 Å². The molecule has 0 spiro atoms. The summed E-state index contributed by atoms with van der Waals surface area (Å²) in [6, 6.07) is 9.12. The van der Waals surface area contributed by atoms with Gasteiger partial charge in [-0.05, 0) is 77.3 Å². The van der Waals surface area contributed by atoms with Gasteiger partial charge in [0.05, 0.1) is 24.4 Å². The van der Waals surface area contributed by atoms with Crippen molar-refractivity contribution in [3.8, 4) is 28.7 Å². The molecule has 4 heterocycles. The predicted octanol–water partition coefficient (Wildman–Crippen LogP) is 4.89. The standard InChI is InChI=1S/C27H32N6O4/c1-16(2)37-19-9-10-23-20(15-19)25(31-33(23)24-8-6-7-13-36-24)26-28-12-11-21(29-26)22-14-17(3)32(30-22)18(4)27(34)35-5/h9-12,14-16,18,24H,6-8,13H2,1-5H3. The van der Waals surface area contributed by atoms with E-state index in [2.05, 4.69) is 10.1 Å². The smallest absolute Gasteiger partial charge is 0.330 e. The molecule has 1 fully saturated rings. The molecule has 1 aliphatic heterocycles. The lowest BCUT2D eigenvalue weighted by atomic mass is 10.1. The summed E-state index contributed by atoms with van der Waals surface area (Å²) in [5, 5.41) is 10.5. The van der Waals surface area contributed by atoms with E-state index in [1.165, 1.54) is 7.11 Å². The second-order valence-electron chi connectivity index (χ2n) is 9.54. The third-order valence-corrected chi connectivity index (χ3v) is 6.44. The minimum absolute atomic E-state index is 0.0444. The van der Waals surface area contributed by atoms with Crippen molar-refractivity contribution in [1.82, 2.24) is 29.5 Å². The van der Waals surface area contributed by atoms with Gasteiger partial charge in [0.25, 0.3) is 0 Å². The lowest BCUT2D eigenvalue weighted by molar-refractivity contribution is -0.144. The van der Waals surface area contributed by atoms with Crippen molar-refractivity contribution in [2.24, 2.45) is 0 Å². The van der Waals surface area contributed by atoms with Gasteiger partial charge in [0.1, 0.15) is 23.2 Å². The zero-order chi connectivity index (χ0) is 26.1. The first-order valence-electron chi connectivity index (χ1n) is 12.6. The van der Waals surface area contributed by atoms with Crippen LogP contribution in [0.5, 0.6) is 5.75 Å². The highest BCUT2D eigenvalue weighted by Crippen LogP contribution is 2.34. The lowest BCUT2D eigenvalue weighted by Gasteiger charge is -2.23. The summed E-state index contributed by atoms with van der Waals surface area (Å²) in [5.74, 6) is 0.879. The Morgan fingerprint density at radius 1 is 1.11 bits per heavy atom. The molecule has 0 radical (unpaired) electrons. The summed E-state index contributed by atoms with van der Waals surface area (Å²) >= 11 is 0. The number of aromatic nitrogens is 6. The molecule has 37 heavy (non-hydrogen) atoms. The fraction of sp³-hybridized carbons (Fsp3) is 0.444. The number of carbonyl (C=O) groups is 1. The summed E-state index contributed by atoms with van der Waals surface area (Å²) in [5.41, 5.74) is 3.70. The van der Waals surface area contributed by atoms with E-state index >= 15 is 0 Å². The third-order valence-electron chi connectivity index (χ3n) is 6.44. The molecule has 2 unspecified atom stereocenters. The van der Waals surface area contributed by atoms with Crippen molar-refractivity contribution < 1.29 is 19.0 Å². The number of hydrogen-bond acceptors (Lipinski definition) is 8. The molecule has 4 aromatic rings. The van der Waals surface area contributed by atoms with Crippen molar-refractivity contribution in [2.75, 3.05) is 13.7 Å². The Morgan fingerprint density at radius 3 is 2.68 bits per heavy atom. The van der Waals surface area contributed by atoms with Gasteiger partial charge >= 0.3 is 5.97 Å². The Bertz CT molecular complexity index is 1420. The molecule has 0 bridgehead atoms. The van der Waals surface area contributed by atoms with Crippen LogP contribution in [-0.4, -0.2) is 55.3 Å². The van der Waals surface area contributed by atoms with Crippen LogP contribution in [0.15, 0.2) is 36.5 Å². The van der Waals surface area contributed by atoms with E-state index in [1.807, 2.05) is 49.7 Å². The average molecular weight is 505 g/mol. The molecule has 0 saturated carbocycles. The molecule has 1 aliphatic rings. The number of benzene rings is 1. The summed E-state index contributed by atoms with van der Waals surface area (Å²) in [4.78, 5) is 21.5. The Kier molecular flexibility index (Phi) is 6.92. The van der Waals surface area contributed by atoms with Gasteiger partial charge in [0.2, 0.25) is 0 Å². The van der Waals surface area contributed by atoms with Crippen LogP contribution in [0, 0.1) is 6.92 Å². The number of methoxy groups -OCH3 is 1. The molecule has 3 aromatic heterocycles. The Hall–Kier alpha value is -3.79. The molecule has 1 saturated heterocycles. The number of nitrogens with zero attached hydrogens (tertiary/aromatic N) is 6. The monoisotopic (exact) mass is 504 g/mol. The fourth-order valence-electron chi connectivity index (χ4n) is 4.66. The molecular weight excluding hydrogens is 472 g/mol. The number of hydrogen-bond donors (Lipinski definition) is 0. The maximum atomic E-state index is 12.1. The predicted molar refractivity (Wildman–Crippen MR) is 138 cm³/mol. The number of carbonyl (C=O) groups excluding carboxylic acids is 1. The van der Waals surface area contributed by atoms with E-state index in [9.17, 15) is 4.79 Å². The molecular formula is C27H32N6O4. The Labute approximate surface area is 215 Å². The number of esters is 1. The molecule has 5 rings (SSSR count). The van der Waals surface area contributed by atoms with Crippen LogP contribution >= 0.6 is 0 Å². The van der Waals surface area contributed by atoms with E-state index < -0.39 is 6.04 Å². The summed E-state index contributed by atoms with van der Waals surface area (Å²) in [7, 11) is 1.37. The van der Waals surface area contributed by atoms with Gasteiger partial charge in [-0.15, -0.1) is 0 Å². The van der Waals surface area contributed by atoms with Gasteiger partial charge in [0, 0.05) is 23.9 Å². The van der Waals surface area contributed by atoms with Crippen LogP contribution < -0.4 is 4.74 Å². The maximum Gasteiger partial charge on any atom is 0.330 e. The highest BCUT2D eigenvalue weighted by Gasteiger charge is 2.24. The molecule has 194 valence electrons. The van der Waals surface area contributed by atoms with Crippen LogP contribution in [-0.2, 0) is 14.3 Å². The normalized spacial score (nSPS) is 16.8. The average Bonchev–Trinajstić information content (AvgIpc) is 3.48. The van der Waals surface area contributed by atoms with Crippen LogP contribution in [0.4, 0.5) is 0 Å². The Balaban J connectivity index is 1.58. The first kappa shape index (κ1) is 24.9. The van der Waals surface area contributed by atoms with E-state index in [0.717, 1.165) is 41.6 Å². The Morgan fingerprint density at radius 2 is 1.95 bits per heavy atom. The van der Waals surface area contributed by atoms with E-state index in [0.29, 0.717) is 29.5 Å². The van der Waals surface area contributed by atoms with Gasteiger partial charge in [-0.3, -0.25) is 4.68 Å². The second kappa shape index (κ2) is 10.3. The van der Waals surface area contributed by atoms with Crippen LogP contribution in [0.25, 0.3) is 33.8 Å². The van der Waals surface area contributed by atoms with Gasteiger partial charge in [0.15, 0.2) is 12.1 Å². The van der Waals surface area contributed by atoms with Crippen molar-refractivity contribution in [2.45, 2.75) is 65.3 Å². The number of fused-ring (bicyclic) bond motifs is 1. The number of rotatable bonds is 7. The highest BCUT2D eigenvalue weighted by atomic mass is 16.5. The van der Waals surface area contributed by atoms with Crippen LogP contribution in [0.3, 0.4) is 0 Å². The van der Waals surface area contributed by atoms with Gasteiger partial charge < -0.3 is 14.2 Å². The summed E-state index contributed by atoms with van der Waals surface area (Å²) < 4.78 is 20.5. The minimum atomic E-state index is -0.547. The molecule has 0 aliphatic carbocycles. The van der Waals surface area contributed by atoms with E-state index in [1.54, 1.807) is 23.9 Å². The first-order valence-corrected chi connectivity index (χ1v) is 12.6. The largest absolute Gasteiger partial charge is 0.491 e. The van der Waals surface area contributed by atoms with Crippen molar-refractivity contribution in [3.05, 3.63) is 42.2 Å². The molecule has 1 aromatic carbocycles.